The maximum atomic E-state index is 11.8. The SMILES string of the molecule is O=C(Cc1ccccc1O)NCC1CC=CCC1. The van der Waals surface area contributed by atoms with Crippen molar-refractivity contribution in [3.05, 3.63) is 42.0 Å². The molecule has 0 saturated carbocycles. The van der Waals surface area contributed by atoms with E-state index in [2.05, 4.69) is 17.5 Å². The van der Waals surface area contributed by atoms with Crippen LogP contribution in [-0.4, -0.2) is 17.6 Å². The minimum absolute atomic E-state index is 0.0222. The summed E-state index contributed by atoms with van der Waals surface area (Å²) >= 11 is 0. The van der Waals surface area contributed by atoms with Gasteiger partial charge in [-0.3, -0.25) is 4.79 Å². The van der Waals surface area contributed by atoms with Crippen molar-refractivity contribution < 1.29 is 9.90 Å². The molecule has 1 aliphatic rings. The molecule has 1 aromatic rings. The normalized spacial score (nSPS) is 18.6. The van der Waals surface area contributed by atoms with Gasteiger partial charge in [-0.2, -0.15) is 0 Å². The van der Waals surface area contributed by atoms with Gasteiger partial charge >= 0.3 is 0 Å². The molecule has 3 heteroatoms. The van der Waals surface area contributed by atoms with Crippen molar-refractivity contribution in [1.82, 2.24) is 5.32 Å². The quantitative estimate of drug-likeness (QED) is 0.800. The zero-order valence-electron chi connectivity index (χ0n) is 10.4. The van der Waals surface area contributed by atoms with Crippen LogP contribution in [0.2, 0.25) is 0 Å². The van der Waals surface area contributed by atoms with Gasteiger partial charge in [0.1, 0.15) is 5.75 Å². The number of hydrogen-bond donors (Lipinski definition) is 2. The molecule has 1 atom stereocenters. The molecule has 1 aromatic carbocycles. The molecule has 2 N–H and O–H groups in total. The van der Waals surface area contributed by atoms with Gasteiger partial charge in [0.15, 0.2) is 0 Å². The predicted octanol–water partition coefficient (Wildman–Crippen LogP) is 2.41. The maximum Gasteiger partial charge on any atom is 0.224 e. The summed E-state index contributed by atoms with van der Waals surface area (Å²) < 4.78 is 0. The van der Waals surface area contributed by atoms with Crippen LogP contribution in [0.5, 0.6) is 5.75 Å². The largest absolute Gasteiger partial charge is 0.508 e. The Kier molecular flexibility index (Phi) is 4.40. The fraction of sp³-hybridized carbons (Fsp3) is 0.400. The third-order valence-corrected chi connectivity index (χ3v) is 3.31. The highest BCUT2D eigenvalue weighted by Crippen LogP contribution is 2.18. The predicted molar refractivity (Wildman–Crippen MR) is 71.3 cm³/mol. The standard InChI is InChI=1S/C15H19NO2/c17-14-9-5-4-8-13(14)10-15(18)16-11-12-6-2-1-3-7-12/h1-2,4-5,8-9,12,17H,3,6-7,10-11H2,(H,16,18). The molecular weight excluding hydrogens is 226 g/mol. The second-order valence-electron chi connectivity index (χ2n) is 4.76. The summed E-state index contributed by atoms with van der Waals surface area (Å²) in [5, 5.41) is 12.5. The number of amides is 1. The van der Waals surface area contributed by atoms with E-state index in [-0.39, 0.29) is 18.1 Å². The van der Waals surface area contributed by atoms with Crippen molar-refractivity contribution >= 4 is 5.91 Å². The van der Waals surface area contributed by atoms with E-state index in [0.717, 1.165) is 25.8 Å². The molecule has 0 aromatic heterocycles. The van der Waals surface area contributed by atoms with E-state index in [9.17, 15) is 9.90 Å². The molecule has 2 rings (SSSR count). The molecule has 0 spiro atoms. The van der Waals surface area contributed by atoms with Gasteiger partial charge in [-0.05, 0) is 31.2 Å². The highest BCUT2D eigenvalue weighted by atomic mass is 16.3. The van der Waals surface area contributed by atoms with E-state index < -0.39 is 0 Å². The summed E-state index contributed by atoms with van der Waals surface area (Å²) in [4.78, 5) is 11.8. The first-order valence-corrected chi connectivity index (χ1v) is 6.44. The third kappa shape index (κ3) is 3.62. The van der Waals surface area contributed by atoms with E-state index in [4.69, 9.17) is 0 Å². The first-order chi connectivity index (χ1) is 8.75. The zero-order valence-corrected chi connectivity index (χ0v) is 10.4. The van der Waals surface area contributed by atoms with Gasteiger partial charge in [-0.1, -0.05) is 30.4 Å². The average molecular weight is 245 g/mol. The number of phenols is 1. The minimum atomic E-state index is -0.0222. The van der Waals surface area contributed by atoms with Crippen molar-refractivity contribution in [2.45, 2.75) is 25.7 Å². The lowest BCUT2D eigenvalue weighted by atomic mass is 9.94. The Morgan fingerprint density at radius 3 is 2.89 bits per heavy atom. The van der Waals surface area contributed by atoms with Crippen LogP contribution in [0.25, 0.3) is 0 Å². The Bertz CT molecular complexity index is 440. The molecule has 0 aliphatic heterocycles. The lowest BCUT2D eigenvalue weighted by molar-refractivity contribution is -0.120. The number of allylic oxidation sites excluding steroid dienone is 2. The molecular formula is C15H19NO2. The number of hydrogen-bond acceptors (Lipinski definition) is 2. The third-order valence-electron chi connectivity index (χ3n) is 3.31. The molecule has 3 nitrogen and oxygen atoms in total. The van der Waals surface area contributed by atoms with Gasteiger partial charge in [0.05, 0.1) is 6.42 Å². The van der Waals surface area contributed by atoms with E-state index in [1.54, 1.807) is 18.2 Å². The van der Waals surface area contributed by atoms with Gasteiger partial charge in [-0.15, -0.1) is 0 Å². The fourth-order valence-corrected chi connectivity index (χ4v) is 2.20. The zero-order chi connectivity index (χ0) is 12.8. The second-order valence-corrected chi connectivity index (χ2v) is 4.76. The van der Waals surface area contributed by atoms with Crippen LogP contribution in [0.4, 0.5) is 0 Å². The number of rotatable bonds is 4. The number of benzene rings is 1. The van der Waals surface area contributed by atoms with E-state index in [1.165, 1.54) is 0 Å². The lowest BCUT2D eigenvalue weighted by Gasteiger charge is -2.18. The first kappa shape index (κ1) is 12.7. The summed E-state index contributed by atoms with van der Waals surface area (Å²) in [6, 6.07) is 6.96. The number of aromatic hydroxyl groups is 1. The van der Waals surface area contributed by atoms with Crippen molar-refractivity contribution in [1.29, 1.82) is 0 Å². The molecule has 0 fully saturated rings. The van der Waals surface area contributed by atoms with Gasteiger partial charge < -0.3 is 10.4 Å². The summed E-state index contributed by atoms with van der Waals surface area (Å²) in [5.41, 5.74) is 0.679. The molecule has 1 amide bonds. The van der Waals surface area contributed by atoms with Crippen molar-refractivity contribution in [3.8, 4) is 5.75 Å². The van der Waals surface area contributed by atoms with Crippen LogP contribution in [0, 0.1) is 5.92 Å². The fourth-order valence-electron chi connectivity index (χ4n) is 2.20. The van der Waals surface area contributed by atoms with Gasteiger partial charge in [0.2, 0.25) is 5.91 Å². The number of carbonyl (C=O) groups is 1. The van der Waals surface area contributed by atoms with Gasteiger partial charge in [0.25, 0.3) is 0 Å². The van der Waals surface area contributed by atoms with Crippen LogP contribution in [-0.2, 0) is 11.2 Å². The van der Waals surface area contributed by atoms with Crippen LogP contribution < -0.4 is 5.32 Å². The molecule has 18 heavy (non-hydrogen) atoms. The molecule has 1 aliphatic carbocycles. The van der Waals surface area contributed by atoms with Crippen molar-refractivity contribution in [2.75, 3.05) is 6.54 Å². The van der Waals surface area contributed by atoms with E-state index in [1.807, 2.05) is 6.07 Å². The molecule has 1 unspecified atom stereocenters. The molecule has 0 radical (unpaired) electrons. The summed E-state index contributed by atoms with van der Waals surface area (Å²) in [6.07, 6.45) is 7.93. The first-order valence-electron chi connectivity index (χ1n) is 6.44. The Balaban J connectivity index is 1.78. The minimum Gasteiger partial charge on any atom is -0.508 e. The molecule has 0 heterocycles. The lowest BCUT2D eigenvalue weighted by Crippen LogP contribution is -2.30. The maximum absolute atomic E-state index is 11.8. The van der Waals surface area contributed by atoms with Crippen LogP contribution in [0.1, 0.15) is 24.8 Å². The Morgan fingerprint density at radius 1 is 1.33 bits per heavy atom. The molecule has 0 saturated heterocycles. The van der Waals surface area contributed by atoms with Crippen LogP contribution in [0.3, 0.4) is 0 Å². The van der Waals surface area contributed by atoms with E-state index in [0.29, 0.717) is 11.5 Å². The number of phenolic OH excluding ortho intramolecular Hbond substituents is 1. The van der Waals surface area contributed by atoms with Crippen molar-refractivity contribution in [2.24, 2.45) is 5.92 Å². The van der Waals surface area contributed by atoms with E-state index >= 15 is 0 Å². The number of carbonyl (C=O) groups excluding carboxylic acids is 1. The molecule has 96 valence electrons. The van der Waals surface area contributed by atoms with Crippen LogP contribution >= 0.6 is 0 Å². The summed E-state index contributed by atoms with van der Waals surface area (Å²) in [7, 11) is 0. The number of nitrogens with one attached hydrogen (secondary N) is 1. The van der Waals surface area contributed by atoms with Gasteiger partial charge in [0, 0.05) is 12.1 Å². The highest BCUT2D eigenvalue weighted by molar-refractivity contribution is 5.79. The van der Waals surface area contributed by atoms with Crippen molar-refractivity contribution in [3.63, 3.8) is 0 Å². The smallest absolute Gasteiger partial charge is 0.224 e. The highest BCUT2D eigenvalue weighted by Gasteiger charge is 2.12. The Hall–Kier alpha value is -1.77. The Labute approximate surface area is 108 Å². The Morgan fingerprint density at radius 2 is 2.17 bits per heavy atom. The number of para-hydroxylation sites is 1. The topological polar surface area (TPSA) is 49.3 Å². The second kappa shape index (κ2) is 6.24. The summed E-state index contributed by atoms with van der Waals surface area (Å²) in [6.45, 7) is 0.733. The average Bonchev–Trinajstić information content (AvgIpc) is 2.40. The summed E-state index contributed by atoms with van der Waals surface area (Å²) in [5.74, 6) is 0.725. The van der Waals surface area contributed by atoms with Crippen LogP contribution in [0.15, 0.2) is 36.4 Å². The monoisotopic (exact) mass is 245 g/mol. The molecule has 0 bridgehead atoms. The van der Waals surface area contributed by atoms with Gasteiger partial charge in [-0.25, -0.2) is 0 Å².